The quantitative estimate of drug-likeness (QED) is 0.633. The molecule has 3 aromatic rings. The van der Waals surface area contributed by atoms with Gasteiger partial charge in [-0.1, -0.05) is 12.1 Å². The monoisotopic (exact) mass is 388 g/mol. The predicted octanol–water partition coefficient (Wildman–Crippen LogP) is 5.11. The standard InChI is InChI=1S/C23H24N4O2/c1-14-10-15(2)12-17(11-14)24-22-21-19(8-5-9-20(21)28)26-23(27-22)25-16-6-4-7-18(13-16)29-3/h4,6-7,10-13H,5,8-9H2,1-3H3,(H2,24,25,26,27). The van der Waals surface area contributed by atoms with E-state index in [1.807, 2.05) is 36.4 Å². The molecule has 2 aromatic carbocycles. The van der Waals surface area contributed by atoms with Crippen LogP contribution in [0.4, 0.5) is 23.1 Å². The number of fused-ring (bicyclic) bond motifs is 1. The van der Waals surface area contributed by atoms with Crippen molar-refractivity contribution >= 4 is 28.9 Å². The van der Waals surface area contributed by atoms with Crippen LogP contribution in [-0.2, 0) is 6.42 Å². The molecular weight excluding hydrogens is 364 g/mol. The van der Waals surface area contributed by atoms with E-state index in [2.05, 4.69) is 40.5 Å². The number of anilines is 4. The van der Waals surface area contributed by atoms with E-state index in [-0.39, 0.29) is 5.78 Å². The minimum Gasteiger partial charge on any atom is -0.497 e. The molecule has 29 heavy (non-hydrogen) atoms. The molecule has 0 radical (unpaired) electrons. The number of aromatic nitrogens is 2. The number of benzene rings is 2. The van der Waals surface area contributed by atoms with Gasteiger partial charge in [0.25, 0.3) is 0 Å². The highest BCUT2D eigenvalue weighted by Crippen LogP contribution is 2.30. The first-order valence-electron chi connectivity index (χ1n) is 9.72. The molecule has 1 heterocycles. The van der Waals surface area contributed by atoms with Crippen molar-refractivity contribution in [2.45, 2.75) is 33.1 Å². The Hall–Kier alpha value is -3.41. The van der Waals surface area contributed by atoms with Gasteiger partial charge in [0.05, 0.1) is 18.4 Å². The van der Waals surface area contributed by atoms with Crippen LogP contribution in [-0.4, -0.2) is 22.9 Å². The van der Waals surface area contributed by atoms with E-state index in [0.717, 1.165) is 46.8 Å². The van der Waals surface area contributed by atoms with E-state index in [1.165, 1.54) is 0 Å². The lowest BCUT2D eigenvalue weighted by molar-refractivity contribution is 0.0972. The highest BCUT2D eigenvalue weighted by molar-refractivity contribution is 6.03. The topological polar surface area (TPSA) is 76.1 Å². The first-order valence-corrected chi connectivity index (χ1v) is 9.72. The summed E-state index contributed by atoms with van der Waals surface area (Å²) in [5, 5.41) is 6.60. The van der Waals surface area contributed by atoms with Crippen molar-refractivity contribution in [1.29, 1.82) is 0 Å². The van der Waals surface area contributed by atoms with Crippen molar-refractivity contribution in [2.75, 3.05) is 17.7 Å². The molecule has 148 valence electrons. The second-order valence-electron chi connectivity index (χ2n) is 7.35. The van der Waals surface area contributed by atoms with Gasteiger partial charge in [-0.25, -0.2) is 4.98 Å². The maximum absolute atomic E-state index is 12.6. The summed E-state index contributed by atoms with van der Waals surface area (Å²) in [6.07, 6.45) is 2.10. The fourth-order valence-corrected chi connectivity index (χ4v) is 3.68. The molecule has 0 atom stereocenters. The first kappa shape index (κ1) is 18.9. The number of aryl methyl sites for hydroxylation is 3. The molecule has 1 aromatic heterocycles. The van der Waals surface area contributed by atoms with Gasteiger partial charge >= 0.3 is 0 Å². The molecule has 0 saturated heterocycles. The van der Waals surface area contributed by atoms with E-state index in [0.29, 0.717) is 23.8 Å². The zero-order valence-corrected chi connectivity index (χ0v) is 16.9. The van der Waals surface area contributed by atoms with E-state index in [4.69, 9.17) is 4.74 Å². The summed E-state index contributed by atoms with van der Waals surface area (Å²) >= 11 is 0. The summed E-state index contributed by atoms with van der Waals surface area (Å²) in [7, 11) is 1.63. The van der Waals surface area contributed by atoms with Gasteiger partial charge in [0.15, 0.2) is 5.78 Å². The summed E-state index contributed by atoms with van der Waals surface area (Å²) in [6, 6.07) is 13.8. The Labute approximate surface area is 170 Å². The summed E-state index contributed by atoms with van der Waals surface area (Å²) in [5.41, 5.74) is 5.42. The van der Waals surface area contributed by atoms with Crippen molar-refractivity contribution in [2.24, 2.45) is 0 Å². The molecule has 0 bridgehead atoms. The molecule has 0 fully saturated rings. The Morgan fingerprint density at radius 3 is 2.48 bits per heavy atom. The number of hydrogen-bond acceptors (Lipinski definition) is 6. The third-order valence-corrected chi connectivity index (χ3v) is 4.89. The fraction of sp³-hybridized carbons (Fsp3) is 0.261. The Balaban J connectivity index is 1.74. The lowest BCUT2D eigenvalue weighted by Crippen LogP contribution is -2.18. The lowest BCUT2D eigenvalue weighted by Gasteiger charge is -2.20. The molecule has 0 spiro atoms. The van der Waals surface area contributed by atoms with Crippen LogP contribution in [0.3, 0.4) is 0 Å². The number of nitrogens with zero attached hydrogens (tertiary/aromatic N) is 2. The molecule has 0 amide bonds. The van der Waals surface area contributed by atoms with Crippen molar-refractivity contribution in [3.05, 3.63) is 64.8 Å². The average molecular weight is 388 g/mol. The van der Waals surface area contributed by atoms with Gasteiger partial charge in [-0.2, -0.15) is 4.98 Å². The van der Waals surface area contributed by atoms with Gasteiger partial charge in [0, 0.05) is 23.9 Å². The van der Waals surface area contributed by atoms with Crippen molar-refractivity contribution in [1.82, 2.24) is 9.97 Å². The molecule has 0 unspecified atom stereocenters. The summed E-state index contributed by atoms with van der Waals surface area (Å²) in [6.45, 7) is 4.10. The van der Waals surface area contributed by atoms with Crippen LogP contribution in [0.2, 0.25) is 0 Å². The van der Waals surface area contributed by atoms with Gasteiger partial charge in [0.1, 0.15) is 11.6 Å². The Morgan fingerprint density at radius 1 is 0.931 bits per heavy atom. The number of ether oxygens (including phenoxy) is 1. The van der Waals surface area contributed by atoms with E-state index in [1.54, 1.807) is 7.11 Å². The molecular formula is C23H24N4O2. The summed E-state index contributed by atoms with van der Waals surface area (Å²) in [4.78, 5) is 21.9. The molecule has 2 N–H and O–H groups in total. The molecule has 1 aliphatic rings. The minimum absolute atomic E-state index is 0.0889. The first-order chi connectivity index (χ1) is 14.0. The largest absolute Gasteiger partial charge is 0.497 e. The number of carbonyl (C=O) groups excluding carboxylic acids is 1. The summed E-state index contributed by atoms with van der Waals surface area (Å²) < 4.78 is 5.28. The van der Waals surface area contributed by atoms with Gasteiger partial charge < -0.3 is 15.4 Å². The Kier molecular flexibility index (Phi) is 5.16. The van der Waals surface area contributed by atoms with Crippen molar-refractivity contribution in [3.8, 4) is 5.75 Å². The van der Waals surface area contributed by atoms with Crippen molar-refractivity contribution < 1.29 is 9.53 Å². The van der Waals surface area contributed by atoms with Crippen LogP contribution in [0.1, 0.15) is 40.0 Å². The smallest absolute Gasteiger partial charge is 0.229 e. The Bertz CT molecular complexity index is 1060. The maximum atomic E-state index is 12.6. The minimum atomic E-state index is 0.0889. The zero-order valence-electron chi connectivity index (χ0n) is 16.9. The van der Waals surface area contributed by atoms with E-state index < -0.39 is 0 Å². The van der Waals surface area contributed by atoms with Crippen LogP contribution >= 0.6 is 0 Å². The third-order valence-electron chi connectivity index (χ3n) is 4.89. The molecule has 0 saturated carbocycles. The zero-order chi connectivity index (χ0) is 20.4. The normalized spacial score (nSPS) is 13.0. The van der Waals surface area contributed by atoms with Crippen molar-refractivity contribution in [3.63, 3.8) is 0 Å². The van der Waals surface area contributed by atoms with Crippen LogP contribution in [0.25, 0.3) is 0 Å². The van der Waals surface area contributed by atoms with Gasteiger partial charge in [0.2, 0.25) is 5.95 Å². The Morgan fingerprint density at radius 2 is 1.72 bits per heavy atom. The molecule has 6 nitrogen and oxygen atoms in total. The SMILES string of the molecule is COc1cccc(Nc2nc3c(c(Nc4cc(C)cc(C)c4)n2)C(=O)CCC3)c1. The van der Waals surface area contributed by atoms with Crippen LogP contribution in [0.5, 0.6) is 5.75 Å². The molecule has 1 aliphatic carbocycles. The van der Waals surface area contributed by atoms with E-state index >= 15 is 0 Å². The predicted molar refractivity (Wildman–Crippen MR) is 115 cm³/mol. The second-order valence-corrected chi connectivity index (χ2v) is 7.35. The van der Waals surface area contributed by atoms with Crippen LogP contribution in [0, 0.1) is 13.8 Å². The number of methoxy groups -OCH3 is 1. The van der Waals surface area contributed by atoms with E-state index in [9.17, 15) is 4.79 Å². The number of nitrogens with one attached hydrogen (secondary N) is 2. The maximum Gasteiger partial charge on any atom is 0.229 e. The molecule has 6 heteroatoms. The van der Waals surface area contributed by atoms with Gasteiger partial charge in [-0.3, -0.25) is 4.79 Å². The number of Topliss-reactive ketones (excluding diaryl/α,β-unsaturated/α-hetero) is 1. The van der Waals surface area contributed by atoms with Crippen LogP contribution < -0.4 is 15.4 Å². The van der Waals surface area contributed by atoms with Gasteiger partial charge in [-0.15, -0.1) is 0 Å². The average Bonchev–Trinajstić information content (AvgIpc) is 2.67. The molecule has 0 aliphatic heterocycles. The number of ketones is 1. The molecule has 4 rings (SSSR count). The fourth-order valence-electron chi connectivity index (χ4n) is 3.68. The number of rotatable bonds is 5. The number of hydrogen-bond donors (Lipinski definition) is 2. The second kappa shape index (κ2) is 7.91. The van der Waals surface area contributed by atoms with Gasteiger partial charge in [-0.05, 0) is 62.1 Å². The highest BCUT2D eigenvalue weighted by Gasteiger charge is 2.25. The van der Waals surface area contributed by atoms with Crippen LogP contribution in [0.15, 0.2) is 42.5 Å². The summed E-state index contributed by atoms with van der Waals surface area (Å²) in [5.74, 6) is 1.84. The third kappa shape index (κ3) is 4.21. The number of carbonyl (C=O) groups is 1. The highest BCUT2D eigenvalue weighted by atomic mass is 16.5. The lowest BCUT2D eigenvalue weighted by atomic mass is 9.95.